The maximum atomic E-state index is 13.8. The van der Waals surface area contributed by atoms with E-state index in [-0.39, 0.29) is 35.7 Å². The van der Waals surface area contributed by atoms with Crippen molar-refractivity contribution in [1.29, 1.82) is 0 Å². The largest absolute Gasteiger partial charge is 0.507 e. The molecule has 0 bridgehead atoms. The number of amides is 2. The molecule has 9 heteroatoms. The number of phenols is 1. The molecular weight excluding hydrogens is 701 g/mol. The quantitative estimate of drug-likeness (QED) is 0.0763. The van der Waals surface area contributed by atoms with Crippen LogP contribution in [0.2, 0.25) is 11.4 Å². The number of benzene rings is 4. The molecular formula is C46H52BNO6Si. The zero-order valence-electron chi connectivity index (χ0n) is 32.8. The summed E-state index contributed by atoms with van der Waals surface area (Å²) in [5.74, 6) is -1.44. The lowest BCUT2D eigenvalue weighted by atomic mass is 9.58. The van der Waals surface area contributed by atoms with Gasteiger partial charge in [0.25, 0.3) is 8.32 Å². The van der Waals surface area contributed by atoms with E-state index in [9.17, 15) is 19.7 Å². The van der Waals surface area contributed by atoms with Crippen LogP contribution in [-0.4, -0.2) is 62.0 Å². The summed E-state index contributed by atoms with van der Waals surface area (Å²) in [6, 6.07) is 35.3. The first-order valence-electron chi connectivity index (χ1n) is 19.5. The second kappa shape index (κ2) is 15.5. The third-order valence-corrected chi connectivity index (χ3v) is 17.1. The van der Waals surface area contributed by atoms with Crippen molar-refractivity contribution in [1.82, 2.24) is 4.90 Å². The van der Waals surface area contributed by atoms with Gasteiger partial charge in [-0.2, -0.15) is 0 Å². The van der Waals surface area contributed by atoms with Crippen LogP contribution in [0.3, 0.4) is 0 Å². The Balaban J connectivity index is 1.31. The molecule has 1 aliphatic carbocycles. The maximum absolute atomic E-state index is 13.8. The van der Waals surface area contributed by atoms with Crippen LogP contribution in [-0.2, 0) is 18.7 Å². The van der Waals surface area contributed by atoms with Crippen molar-refractivity contribution in [2.75, 3.05) is 13.7 Å². The Bertz CT molecular complexity index is 2050. The Kier molecular flexibility index (Phi) is 10.9. The average molecular weight is 754 g/mol. The van der Waals surface area contributed by atoms with E-state index in [1.54, 1.807) is 7.05 Å². The Morgan fingerprint density at radius 3 is 2.02 bits per heavy atom. The van der Waals surface area contributed by atoms with Crippen LogP contribution in [0.5, 0.6) is 5.75 Å². The van der Waals surface area contributed by atoms with Gasteiger partial charge < -0.3 is 19.2 Å². The molecule has 0 aromatic heterocycles. The normalized spacial score (nSPS) is 21.9. The van der Waals surface area contributed by atoms with E-state index >= 15 is 0 Å². The average Bonchev–Trinajstić information content (AvgIpc) is 3.39. The number of hydrogen-bond donors (Lipinski definition) is 2. The zero-order valence-corrected chi connectivity index (χ0v) is 33.8. The van der Waals surface area contributed by atoms with Gasteiger partial charge in [0.2, 0.25) is 11.8 Å². The van der Waals surface area contributed by atoms with Gasteiger partial charge in [-0.05, 0) is 112 Å². The van der Waals surface area contributed by atoms with Crippen LogP contribution in [0.25, 0.3) is 11.6 Å². The first kappa shape index (κ1) is 38.7. The number of aryl methyl sites for hydroxylation is 2. The molecule has 2 aliphatic heterocycles. The van der Waals surface area contributed by atoms with Crippen molar-refractivity contribution >= 4 is 49.3 Å². The molecule has 4 aromatic rings. The monoisotopic (exact) mass is 753 g/mol. The molecule has 2 amide bonds. The number of carbonyl (C=O) groups is 2. The third-order valence-electron chi connectivity index (χ3n) is 12.1. The van der Waals surface area contributed by atoms with Crippen LogP contribution in [0.1, 0.15) is 62.3 Å². The van der Waals surface area contributed by atoms with Crippen molar-refractivity contribution in [2.45, 2.75) is 71.3 Å². The van der Waals surface area contributed by atoms with E-state index in [1.165, 1.54) is 15.3 Å². The number of rotatable bonds is 10. The fourth-order valence-electron chi connectivity index (χ4n) is 9.52. The second-order valence-electron chi connectivity index (χ2n) is 16.6. The lowest BCUT2D eigenvalue weighted by molar-refractivity contribution is -0.138. The number of likely N-dealkylation sites (tertiary alicyclic amines) is 1. The van der Waals surface area contributed by atoms with Crippen molar-refractivity contribution in [3.8, 4) is 5.75 Å². The minimum absolute atomic E-state index is 0.164. The Morgan fingerprint density at radius 1 is 0.891 bits per heavy atom. The number of fused-ring (bicyclic) bond motifs is 3. The zero-order chi connectivity index (χ0) is 39.1. The van der Waals surface area contributed by atoms with E-state index in [2.05, 4.69) is 87.5 Å². The maximum Gasteiger partial charge on any atom is 0.455 e. The first-order chi connectivity index (χ1) is 26.3. The third kappa shape index (κ3) is 7.31. The van der Waals surface area contributed by atoms with Gasteiger partial charge in [0, 0.05) is 7.05 Å². The number of imide groups is 1. The molecule has 3 aliphatic rings. The van der Waals surface area contributed by atoms with Gasteiger partial charge >= 0.3 is 7.12 Å². The van der Waals surface area contributed by atoms with Gasteiger partial charge in [-0.25, -0.2) is 0 Å². The molecule has 0 radical (unpaired) electrons. The van der Waals surface area contributed by atoms with Gasteiger partial charge in [0.05, 0.1) is 24.5 Å². The molecule has 7 rings (SSSR count). The van der Waals surface area contributed by atoms with Gasteiger partial charge in [-0.3, -0.25) is 14.5 Å². The van der Waals surface area contributed by atoms with Gasteiger partial charge in [0.1, 0.15) is 5.75 Å². The number of hydrogen-bond acceptors (Lipinski definition) is 6. The van der Waals surface area contributed by atoms with Gasteiger partial charge in [0.15, 0.2) is 0 Å². The highest BCUT2D eigenvalue weighted by Crippen LogP contribution is 2.51. The summed E-state index contributed by atoms with van der Waals surface area (Å²) >= 11 is 0. The molecule has 2 fully saturated rings. The SMILES string of the molecule is Cc1cc(/C=C(/CC[C@H]2OB(O)C[C@H]3C2=C(CO[Si](c2ccccc2)(c2ccccc2)C(C)(C)C)C[C@H]2C(=O)N(C)C(=O)[C@H]23)c2ccccc2)cc(C)c1O. The molecule has 284 valence electrons. The van der Waals surface area contributed by atoms with Crippen molar-refractivity contribution in [2.24, 2.45) is 17.8 Å². The van der Waals surface area contributed by atoms with Crippen LogP contribution in [0.15, 0.2) is 114 Å². The molecule has 0 saturated carbocycles. The molecule has 55 heavy (non-hydrogen) atoms. The summed E-state index contributed by atoms with van der Waals surface area (Å²) in [5.41, 5.74) is 6.79. The van der Waals surface area contributed by atoms with Gasteiger partial charge in [-0.15, -0.1) is 0 Å². The highest BCUT2D eigenvalue weighted by Gasteiger charge is 2.57. The molecule has 2 heterocycles. The fourth-order valence-corrected chi connectivity index (χ4v) is 14.1. The van der Waals surface area contributed by atoms with E-state index in [0.29, 0.717) is 25.0 Å². The summed E-state index contributed by atoms with van der Waals surface area (Å²) in [4.78, 5) is 28.8. The predicted octanol–water partition coefficient (Wildman–Crippen LogP) is 7.33. The molecule has 2 N–H and O–H groups in total. The van der Waals surface area contributed by atoms with E-state index < -0.39 is 33.4 Å². The van der Waals surface area contributed by atoms with Crippen LogP contribution in [0, 0.1) is 31.6 Å². The summed E-state index contributed by atoms with van der Waals surface area (Å²) in [7, 11) is -2.44. The lowest BCUT2D eigenvalue weighted by Crippen LogP contribution is -2.66. The number of nitrogens with zero attached hydrogens (tertiary/aromatic N) is 1. The predicted molar refractivity (Wildman–Crippen MR) is 222 cm³/mol. The summed E-state index contributed by atoms with van der Waals surface area (Å²) in [6.45, 7) is 10.9. The minimum Gasteiger partial charge on any atom is -0.507 e. The summed E-state index contributed by atoms with van der Waals surface area (Å²) in [6.07, 6.45) is 3.51. The molecule has 0 unspecified atom stereocenters. The van der Waals surface area contributed by atoms with Crippen LogP contribution in [0.4, 0.5) is 0 Å². The van der Waals surface area contributed by atoms with Crippen LogP contribution < -0.4 is 10.4 Å². The molecule has 0 spiro atoms. The number of allylic oxidation sites excluding steroid dienone is 1. The van der Waals surface area contributed by atoms with Crippen molar-refractivity contribution in [3.05, 3.63) is 137 Å². The van der Waals surface area contributed by atoms with E-state index in [0.717, 1.165) is 39.0 Å². The summed E-state index contributed by atoms with van der Waals surface area (Å²) < 4.78 is 14.0. The molecule has 4 aromatic carbocycles. The standard InChI is InChI=1S/C46H52BNO6Si/c1-30-24-32(25-31(2)43(30)49)26-34(33-16-10-7-11-17-33)22-23-40-41-35(27-38-42(39(41)28-47(52)54-40)45(51)48(6)44(38)50)29-53-55(46(3,4)5,36-18-12-8-13-19-36)37-20-14-9-15-21-37/h7-21,24-26,38-40,42,49,52H,22-23,27-29H2,1-6H3/b34-26-/t38-,39+,40-,42-/m1/s1. The van der Waals surface area contributed by atoms with Gasteiger partial charge in [-0.1, -0.05) is 118 Å². The Hall–Kier alpha value is -4.54. The number of phenolic OH excluding ortho intramolecular Hbond substituents is 1. The highest BCUT2D eigenvalue weighted by molar-refractivity contribution is 6.99. The highest BCUT2D eigenvalue weighted by atomic mass is 28.4. The van der Waals surface area contributed by atoms with Crippen molar-refractivity contribution < 1.29 is 28.8 Å². The van der Waals surface area contributed by atoms with E-state index in [1.807, 2.05) is 56.3 Å². The number of aromatic hydroxyl groups is 1. The number of carbonyl (C=O) groups excluding carboxylic acids is 2. The second-order valence-corrected chi connectivity index (χ2v) is 20.9. The smallest absolute Gasteiger partial charge is 0.455 e. The van der Waals surface area contributed by atoms with Crippen LogP contribution >= 0.6 is 0 Å². The summed E-state index contributed by atoms with van der Waals surface area (Å²) in [5, 5.41) is 23.9. The lowest BCUT2D eigenvalue weighted by Gasteiger charge is -2.46. The molecule has 7 nitrogen and oxygen atoms in total. The van der Waals surface area contributed by atoms with Crippen molar-refractivity contribution in [3.63, 3.8) is 0 Å². The van der Waals surface area contributed by atoms with E-state index in [4.69, 9.17) is 9.08 Å². The molecule has 4 atom stereocenters. The topological polar surface area (TPSA) is 96.3 Å². The fraction of sp³-hybridized carbons (Fsp3) is 0.348. The minimum atomic E-state index is -2.95. The Morgan fingerprint density at radius 2 is 1.45 bits per heavy atom. The first-order valence-corrected chi connectivity index (χ1v) is 21.4. The molecule has 2 saturated heterocycles. The Labute approximate surface area is 327 Å².